The molecule has 0 aromatic rings. The molecule has 114 valence electrons. The van der Waals surface area contributed by atoms with Gasteiger partial charge in [0.2, 0.25) is 0 Å². The van der Waals surface area contributed by atoms with Gasteiger partial charge in [0.1, 0.15) is 4.32 Å². The molecule has 2 fully saturated rings. The summed E-state index contributed by atoms with van der Waals surface area (Å²) < 4.78 is 23.7. The highest BCUT2D eigenvalue weighted by Gasteiger charge is 2.42. The van der Waals surface area contributed by atoms with E-state index in [4.69, 9.17) is 12.2 Å². The Hall–Kier alpha value is -0.660. The molecular weight excluding hydrogens is 326 g/mol. The second-order valence-electron chi connectivity index (χ2n) is 5.68. The first-order valence-corrected chi connectivity index (χ1v) is 10.1. The van der Waals surface area contributed by atoms with Crippen molar-refractivity contribution in [2.75, 3.05) is 11.5 Å². The number of thioether (sulfide) groups is 1. The van der Waals surface area contributed by atoms with E-state index in [0.29, 0.717) is 21.6 Å². The number of thiocarbonyl (C=S) groups is 1. The van der Waals surface area contributed by atoms with Gasteiger partial charge in [-0.3, -0.25) is 9.69 Å². The lowest BCUT2D eigenvalue weighted by atomic mass is 9.94. The molecule has 0 aromatic carbocycles. The molecule has 4 nitrogen and oxygen atoms in total. The summed E-state index contributed by atoms with van der Waals surface area (Å²) in [5.74, 6) is 0.471. The molecule has 0 aromatic heterocycles. The molecule has 0 spiro atoms. The average molecular weight is 343 g/mol. The lowest BCUT2D eigenvalue weighted by Crippen LogP contribution is -2.39. The summed E-state index contributed by atoms with van der Waals surface area (Å²) in [7, 11) is -3.02. The summed E-state index contributed by atoms with van der Waals surface area (Å²) >= 11 is 6.60. The Morgan fingerprint density at radius 2 is 2.14 bits per heavy atom. The summed E-state index contributed by atoms with van der Waals surface area (Å²) in [4.78, 5) is 14.7. The Bertz CT molecular complexity index is 636. The topological polar surface area (TPSA) is 54.5 Å². The van der Waals surface area contributed by atoms with Crippen molar-refractivity contribution in [3.63, 3.8) is 0 Å². The Labute approximate surface area is 134 Å². The van der Waals surface area contributed by atoms with Crippen molar-refractivity contribution in [1.82, 2.24) is 4.90 Å². The fraction of sp³-hybridized carbons (Fsp3) is 0.571. The van der Waals surface area contributed by atoms with E-state index in [1.165, 1.54) is 16.7 Å². The first kappa shape index (κ1) is 15.2. The van der Waals surface area contributed by atoms with Crippen LogP contribution in [0, 0.1) is 5.92 Å². The van der Waals surface area contributed by atoms with E-state index >= 15 is 0 Å². The van der Waals surface area contributed by atoms with Crippen LogP contribution in [0.25, 0.3) is 0 Å². The Kier molecular flexibility index (Phi) is 4.25. The molecule has 3 aliphatic rings. The maximum Gasteiger partial charge on any atom is 0.266 e. The number of hydrogen-bond acceptors (Lipinski definition) is 5. The minimum absolute atomic E-state index is 0.0406. The van der Waals surface area contributed by atoms with Gasteiger partial charge in [0.05, 0.1) is 22.5 Å². The minimum atomic E-state index is -3.02. The van der Waals surface area contributed by atoms with Crippen molar-refractivity contribution < 1.29 is 13.2 Å². The summed E-state index contributed by atoms with van der Waals surface area (Å²) in [6.45, 7) is 0. The number of allylic oxidation sites excluding steroid dienone is 3. The van der Waals surface area contributed by atoms with Crippen LogP contribution in [-0.4, -0.2) is 41.1 Å². The van der Waals surface area contributed by atoms with Crippen LogP contribution in [0.2, 0.25) is 0 Å². The quantitative estimate of drug-likeness (QED) is 0.437. The molecule has 0 N–H and O–H groups in total. The van der Waals surface area contributed by atoms with Crippen LogP contribution in [0.5, 0.6) is 0 Å². The second kappa shape index (κ2) is 5.85. The van der Waals surface area contributed by atoms with Gasteiger partial charge in [0.15, 0.2) is 9.84 Å². The number of carbonyl (C=O) groups is 1. The molecule has 2 atom stereocenters. The van der Waals surface area contributed by atoms with Crippen molar-refractivity contribution >= 4 is 44.0 Å². The van der Waals surface area contributed by atoms with Gasteiger partial charge in [0.25, 0.3) is 5.91 Å². The van der Waals surface area contributed by atoms with Crippen molar-refractivity contribution in [3.05, 3.63) is 23.1 Å². The van der Waals surface area contributed by atoms with Gasteiger partial charge >= 0.3 is 0 Å². The van der Waals surface area contributed by atoms with Crippen molar-refractivity contribution in [2.45, 2.75) is 31.7 Å². The third-order valence-corrected chi connectivity index (χ3v) is 7.19. The van der Waals surface area contributed by atoms with Gasteiger partial charge in [0, 0.05) is 0 Å². The number of nitrogens with zero attached hydrogens (tertiary/aromatic N) is 1. The zero-order valence-corrected chi connectivity index (χ0v) is 14.0. The molecule has 21 heavy (non-hydrogen) atoms. The van der Waals surface area contributed by atoms with Crippen LogP contribution in [0.4, 0.5) is 0 Å². The maximum absolute atomic E-state index is 12.5. The van der Waals surface area contributed by atoms with Gasteiger partial charge in [-0.2, -0.15) is 0 Å². The summed E-state index contributed by atoms with van der Waals surface area (Å²) in [6, 6.07) is -0.278. The number of sulfone groups is 1. The fourth-order valence-electron chi connectivity index (χ4n) is 2.97. The van der Waals surface area contributed by atoms with Gasteiger partial charge in [-0.15, -0.1) is 0 Å². The molecular formula is C14H17NO3S3. The Morgan fingerprint density at radius 1 is 1.33 bits per heavy atom. The predicted molar refractivity (Wildman–Crippen MR) is 88.7 cm³/mol. The third kappa shape index (κ3) is 3.24. The first-order chi connectivity index (χ1) is 9.96. The van der Waals surface area contributed by atoms with Crippen molar-refractivity contribution in [2.24, 2.45) is 5.92 Å². The third-order valence-electron chi connectivity index (χ3n) is 4.09. The van der Waals surface area contributed by atoms with E-state index in [2.05, 4.69) is 12.2 Å². The molecule has 2 heterocycles. The maximum atomic E-state index is 12.5. The molecule has 0 saturated carbocycles. The number of rotatable bonds is 2. The Morgan fingerprint density at radius 3 is 2.76 bits per heavy atom. The largest absolute Gasteiger partial charge is 0.289 e. The molecule has 3 rings (SSSR count). The molecule has 0 radical (unpaired) electrons. The van der Waals surface area contributed by atoms with Crippen LogP contribution < -0.4 is 0 Å². The van der Waals surface area contributed by atoms with Crippen LogP contribution >= 0.6 is 24.0 Å². The summed E-state index contributed by atoms with van der Waals surface area (Å²) in [5.41, 5.74) is 0. The molecule has 1 amide bonds. The standard InChI is InChI=1S/C14H17NO3S3/c16-13-12(8-10-4-2-1-3-5-10)20-14(19)15(13)11-6-7-21(17,18)9-11/h1-2,8,10-11H,3-7,9H2/b12-8+/t10-,11-/m1/s1. The van der Waals surface area contributed by atoms with E-state index in [-0.39, 0.29) is 23.5 Å². The molecule has 1 aliphatic carbocycles. The number of amides is 1. The molecule has 0 bridgehead atoms. The second-order valence-corrected chi connectivity index (χ2v) is 9.58. The molecule has 2 saturated heterocycles. The predicted octanol–water partition coefficient (Wildman–Crippen LogP) is 2.27. The lowest BCUT2D eigenvalue weighted by Gasteiger charge is -2.21. The first-order valence-electron chi connectivity index (χ1n) is 7.09. The monoisotopic (exact) mass is 343 g/mol. The Balaban J connectivity index is 1.76. The van der Waals surface area contributed by atoms with E-state index in [1.807, 2.05) is 6.08 Å². The molecule has 7 heteroatoms. The van der Waals surface area contributed by atoms with E-state index < -0.39 is 9.84 Å². The summed E-state index contributed by atoms with van der Waals surface area (Å²) in [5, 5.41) is 0. The fourth-order valence-corrected chi connectivity index (χ4v) is 6.14. The van der Waals surface area contributed by atoms with Gasteiger partial charge in [-0.25, -0.2) is 8.42 Å². The van der Waals surface area contributed by atoms with E-state index in [0.717, 1.165) is 19.3 Å². The highest BCUT2D eigenvalue weighted by molar-refractivity contribution is 8.26. The summed E-state index contributed by atoms with van der Waals surface area (Å²) in [6.07, 6.45) is 9.89. The van der Waals surface area contributed by atoms with E-state index in [9.17, 15) is 13.2 Å². The molecule has 2 aliphatic heterocycles. The van der Waals surface area contributed by atoms with Crippen LogP contribution in [-0.2, 0) is 14.6 Å². The number of hydrogen-bond donors (Lipinski definition) is 0. The van der Waals surface area contributed by atoms with Crippen molar-refractivity contribution in [1.29, 1.82) is 0 Å². The van der Waals surface area contributed by atoms with Gasteiger partial charge < -0.3 is 0 Å². The average Bonchev–Trinajstić information content (AvgIpc) is 2.91. The smallest absolute Gasteiger partial charge is 0.266 e. The normalized spacial score (nSPS) is 34.1. The zero-order valence-electron chi connectivity index (χ0n) is 11.5. The molecule has 0 unspecified atom stereocenters. The van der Waals surface area contributed by atoms with Crippen LogP contribution in [0.15, 0.2) is 23.1 Å². The highest BCUT2D eigenvalue weighted by Crippen LogP contribution is 2.37. The van der Waals surface area contributed by atoms with Crippen molar-refractivity contribution in [3.8, 4) is 0 Å². The number of carbonyl (C=O) groups excluding carboxylic acids is 1. The zero-order chi connectivity index (χ0) is 15.0. The van der Waals surface area contributed by atoms with Gasteiger partial charge in [-0.05, 0) is 31.6 Å². The highest BCUT2D eigenvalue weighted by atomic mass is 32.2. The lowest BCUT2D eigenvalue weighted by molar-refractivity contribution is -0.123. The SMILES string of the molecule is O=C1/C(=C\[C@@H]2CC=CCC2)SC(=S)N1[C@@H]1CCS(=O)(=O)C1. The van der Waals surface area contributed by atoms with Crippen LogP contribution in [0.3, 0.4) is 0 Å². The minimum Gasteiger partial charge on any atom is -0.289 e. The van der Waals surface area contributed by atoms with Gasteiger partial charge in [-0.1, -0.05) is 42.2 Å². The van der Waals surface area contributed by atoms with E-state index in [1.54, 1.807) is 0 Å². The van der Waals surface area contributed by atoms with Crippen LogP contribution in [0.1, 0.15) is 25.7 Å².